The summed E-state index contributed by atoms with van der Waals surface area (Å²) in [7, 11) is 1.77. The van der Waals surface area contributed by atoms with Gasteiger partial charge in [0.1, 0.15) is 5.69 Å². The van der Waals surface area contributed by atoms with E-state index in [2.05, 4.69) is 20.5 Å². The predicted octanol–water partition coefficient (Wildman–Crippen LogP) is 2.70. The molecule has 1 aromatic carbocycles. The lowest BCUT2D eigenvalue weighted by Gasteiger charge is -2.34. The van der Waals surface area contributed by atoms with Crippen LogP contribution in [-0.2, 0) is 4.74 Å². The summed E-state index contributed by atoms with van der Waals surface area (Å²) in [5, 5.41) is 17.4. The largest absolute Gasteiger partial charge is 0.378 e. The number of likely N-dealkylation sites (tertiary alicyclic amines) is 1. The van der Waals surface area contributed by atoms with Crippen LogP contribution < -0.4 is 10.6 Å². The summed E-state index contributed by atoms with van der Waals surface area (Å²) in [6.45, 7) is 5.82. The van der Waals surface area contributed by atoms with E-state index >= 15 is 0 Å². The van der Waals surface area contributed by atoms with Gasteiger partial charge >= 0.3 is 0 Å². The van der Waals surface area contributed by atoms with E-state index < -0.39 is 0 Å². The fourth-order valence-electron chi connectivity index (χ4n) is 2.96. The highest BCUT2D eigenvalue weighted by Gasteiger charge is 2.21. The topological polar surface area (TPSA) is 92.0 Å². The molecule has 0 atom stereocenters. The molecule has 0 radical (unpaired) electrons. The van der Waals surface area contributed by atoms with Gasteiger partial charge in [-0.2, -0.15) is 0 Å². The number of rotatable bonds is 7. The minimum absolute atomic E-state index is 0. The first-order chi connectivity index (χ1) is 12.2. The smallest absolute Gasteiger partial charge is 0.292 e. The first kappa shape index (κ1) is 22.4. The number of nitrogens with one attached hydrogen (secondary N) is 2. The predicted molar refractivity (Wildman–Crippen MR) is 115 cm³/mol. The van der Waals surface area contributed by atoms with Gasteiger partial charge in [0.25, 0.3) is 5.69 Å². The van der Waals surface area contributed by atoms with E-state index in [0.29, 0.717) is 24.9 Å². The molecule has 0 aromatic heterocycles. The molecule has 0 amide bonds. The molecule has 26 heavy (non-hydrogen) atoms. The Labute approximate surface area is 171 Å². The van der Waals surface area contributed by atoms with Crippen molar-refractivity contribution in [3.8, 4) is 0 Å². The monoisotopic (exact) mass is 477 g/mol. The first-order valence-corrected chi connectivity index (χ1v) is 8.70. The number of benzene rings is 1. The van der Waals surface area contributed by atoms with Crippen LogP contribution in [0.2, 0.25) is 0 Å². The Kier molecular flexibility index (Phi) is 10.3. The number of nitro groups is 1. The number of halogens is 1. The number of nitrogens with zero attached hydrogens (tertiary/aromatic N) is 3. The minimum Gasteiger partial charge on any atom is -0.378 e. The lowest BCUT2D eigenvalue weighted by Crippen LogP contribution is -2.47. The number of anilines is 1. The summed E-state index contributed by atoms with van der Waals surface area (Å²) in [5.41, 5.74) is 0.617. The van der Waals surface area contributed by atoms with E-state index in [9.17, 15) is 10.1 Å². The zero-order chi connectivity index (χ0) is 18.1. The number of piperidine rings is 1. The molecule has 9 heteroatoms. The van der Waals surface area contributed by atoms with Crippen molar-refractivity contribution in [3.05, 3.63) is 34.4 Å². The molecule has 2 rings (SSSR count). The second-order valence-electron chi connectivity index (χ2n) is 5.82. The third kappa shape index (κ3) is 6.60. The molecule has 0 unspecified atom stereocenters. The average Bonchev–Trinajstić information content (AvgIpc) is 2.63. The number of nitro benzene ring substituents is 1. The molecule has 1 saturated heterocycles. The van der Waals surface area contributed by atoms with Crippen LogP contribution in [0, 0.1) is 10.1 Å². The second-order valence-corrected chi connectivity index (χ2v) is 5.82. The standard InChI is InChI=1S/C17H27N5O3.HI/c1-3-25-14-8-12-21(13-9-14)17(18-2)20-11-10-19-15-6-4-5-7-16(15)22(23)24;/h4-7,14,19H,3,8-13H2,1-2H3,(H,18,20);1H. The molecule has 146 valence electrons. The quantitative estimate of drug-likeness (QED) is 0.157. The lowest BCUT2D eigenvalue weighted by atomic mass is 10.1. The zero-order valence-corrected chi connectivity index (χ0v) is 17.6. The van der Waals surface area contributed by atoms with Gasteiger partial charge in [-0.05, 0) is 25.8 Å². The molecule has 0 saturated carbocycles. The third-order valence-electron chi connectivity index (χ3n) is 4.18. The van der Waals surface area contributed by atoms with Crippen LogP contribution in [0.15, 0.2) is 29.3 Å². The maximum atomic E-state index is 11.0. The fourth-order valence-corrected chi connectivity index (χ4v) is 2.96. The van der Waals surface area contributed by atoms with Crippen LogP contribution in [0.25, 0.3) is 0 Å². The van der Waals surface area contributed by atoms with E-state index in [0.717, 1.165) is 38.5 Å². The van der Waals surface area contributed by atoms with E-state index in [1.807, 2.05) is 6.92 Å². The van der Waals surface area contributed by atoms with Crippen LogP contribution in [-0.4, -0.2) is 61.7 Å². The number of ether oxygens (including phenoxy) is 1. The van der Waals surface area contributed by atoms with Crippen molar-refractivity contribution in [2.75, 3.05) is 45.2 Å². The highest BCUT2D eigenvalue weighted by molar-refractivity contribution is 14.0. The Morgan fingerprint density at radius 2 is 2.04 bits per heavy atom. The highest BCUT2D eigenvalue weighted by atomic mass is 127. The molecule has 0 bridgehead atoms. The molecule has 8 nitrogen and oxygen atoms in total. The van der Waals surface area contributed by atoms with Crippen molar-refractivity contribution in [3.63, 3.8) is 0 Å². The number of guanidine groups is 1. The summed E-state index contributed by atoms with van der Waals surface area (Å²) in [5.74, 6) is 0.860. The van der Waals surface area contributed by atoms with Crippen molar-refractivity contribution in [2.45, 2.75) is 25.9 Å². The Hall–Kier alpha value is -1.62. The van der Waals surface area contributed by atoms with E-state index in [1.165, 1.54) is 6.07 Å². The number of para-hydroxylation sites is 2. The molecular formula is C17H28IN5O3. The van der Waals surface area contributed by atoms with Crippen molar-refractivity contribution in [1.82, 2.24) is 10.2 Å². The zero-order valence-electron chi connectivity index (χ0n) is 15.3. The summed E-state index contributed by atoms with van der Waals surface area (Å²) in [4.78, 5) is 17.2. The molecular weight excluding hydrogens is 449 g/mol. The van der Waals surface area contributed by atoms with Gasteiger partial charge in [0, 0.05) is 45.9 Å². The van der Waals surface area contributed by atoms with Crippen LogP contribution >= 0.6 is 24.0 Å². The molecule has 1 heterocycles. The van der Waals surface area contributed by atoms with Crippen LogP contribution in [0.4, 0.5) is 11.4 Å². The van der Waals surface area contributed by atoms with Crippen LogP contribution in [0.5, 0.6) is 0 Å². The number of hydrogen-bond acceptors (Lipinski definition) is 5. The van der Waals surface area contributed by atoms with Crippen molar-refractivity contribution in [2.24, 2.45) is 4.99 Å². The minimum atomic E-state index is -0.378. The SMILES string of the molecule is CCOC1CCN(C(=NC)NCCNc2ccccc2[N+](=O)[O-])CC1.I. The number of aliphatic imine (C=N–C) groups is 1. The molecule has 1 aliphatic rings. The summed E-state index contributed by atoms with van der Waals surface area (Å²) < 4.78 is 5.67. The fraction of sp³-hybridized carbons (Fsp3) is 0.588. The van der Waals surface area contributed by atoms with Crippen LogP contribution in [0.3, 0.4) is 0 Å². The van der Waals surface area contributed by atoms with E-state index in [-0.39, 0.29) is 34.6 Å². The van der Waals surface area contributed by atoms with Gasteiger partial charge in [-0.1, -0.05) is 12.1 Å². The number of hydrogen-bond donors (Lipinski definition) is 2. The Morgan fingerprint density at radius 1 is 1.35 bits per heavy atom. The van der Waals surface area contributed by atoms with Gasteiger partial charge in [-0.3, -0.25) is 15.1 Å². The Morgan fingerprint density at radius 3 is 2.65 bits per heavy atom. The van der Waals surface area contributed by atoms with Gasteiger partial charge in [-0.15, -0.1) is 24.0 Å². The van der Waals surface area contributed by atoms with Gasteiger partial charge < -0.3 is 20.3 Å². The van der Waals surface area contributed by atoms with Gasteiger partial charge in [-0.25, -0.2) is 0 Å². The average molecular weight is 477 g/mol. The lowest BCUT2D eigenvalue weighted by molar-refractivity contribution is -0.384. The van der Waals surface area contributed by atoms with Crippen LogP contribution in [0.1, 0.15) is 19.8 Å². The molecule has 1 aromatic rings. The van der Waals surface area contributed by atoms with Crippen molar-refractivity contribution in [1.29, 1.82) is 0 Å². The molecule has 2 N–H and O–H groups in total. The van der Waals surface area contributed by atoms with Gasteiger partial charge in [0.05, 0.1) is 11.0 Å². The van der Waals surface area contributed by atoms with E-state index in [1.54, 1.807) is 25.2 Å². The molecule has 0 aliphatic carbocycles. The Balaban J connectivity index is 0.00000338. The molecule has 1 aliphatic heterocycles. The summed E-state index contributed by atoms with van der Waals surface area (Å²) in [6.07, 6.45) is 2.35. The Bertz CT molecular complexity index is 592. The normalized spacial score (nSPS) is 15.3. The van der Waals surface area contributed by atoms with Crippen molar-refractivity contribution < 1.29 is 9.66 Å². The summed E-state index contributed by atoms with van der Waals surface area (Å²) in [6, 6.07) is 6.65. The third-order valence-corrected chi connectivity index (χ3v) is 4.18. The summed E-state index contributed by atoms with van der Waals surface area (Å²) >= 11 is 0. The van der Waals surface area contributed by atoms with Gasteiger partial charge in [0.2, 0.25) is 0 Å². The molecule has 1 fully saturated rings. The van der Waals surface area contributed by atoms with Crippen molar-refractivity contribution >= 4 is 41.3 Å². The maximum absolute atomic E-state index is 11.0. The van der Waals surface area contributed by atoms with E-state index in [4.69, 9.17) is 4.74 Å². The first-order valence-electron chi connectivity index (χ1n) is 8.70. The van der Waals surface area contributed by atoms with Gasteiger partial charge in [0.15, 0.2) is 5.96 Å². The highest BCUT2D eigenvalue weighted by Crippen LogP contribution is 2.22. The molecule has 0 spiro atoms. The second kappa shape index (κ2) is 11.9. The maximum Gasteiger partial charge on any atom is 0.292 e.